The van der Waals surface area contributed by atoms with E-state index in [0.717, 1.165) is 16.9 Å². The Hall–Kier alpha value is -4.19. The summed E-state index contributed by atoms with van der Waals surface area (Å²) in [4.78, 5) is 0. The van der Waals surface area contributed by atoms with Crippen molar-refractivity contribution in [2.24, 2.45) is 0 Å². The molecule has 0 atom stereocenters. The van der Waals surface area contributed by atoms with Crippen LogP contribution in [0.5, 0.6) is 5.75 Å². The molecular formula is C37H31OP. The molecule has 0 aromatic heterocycles. The lowest BCUT2D eigenvalue weighted by molar-refractivity contribution is 0.308. The number of fused-ring (bicyclic) bond motifs is 1. The monoisotopic (exact) mass is 522 g/mol. The highest BCUT2D eigenvalue weighted by Crippen LogP contribution is 2.42. The van der Waals surface area contributed by atoms with Gasteiger partial charge in [-0.1, -0.05) is 145 Å². The highest BCUT2D eigenvalue weighted by molar-refractivity contribution is 7.80. The topological polar surface area (TPSA) is 9.23 Å². The fraction of sp³-hybridized carbons (Fsp3) is 0.0811. The third-order valence-corrected chi connectivity index (χ3v) is 9.63. The minimum atomic E-state index is -0.792. The molecule has 2 heteroatoms. The van der Waals surface area contributed by atoms with Gasteiger partial charge in [0.2, 0.25) is 0 Å². The number of hydrogen-bond donors (Lipinski definition) is 0. The Morgan fingerprint density at radius 2 is 1.13 bits per heavy atom. The smallest absolute Gasteiger partial charge is 0.128 e. The summed E-state index contributed by atoms with van der Waals surface area (Å²) in [6.45, 7) is 4.83. The summed E-state index contributed by atoms with van der Waals surface area (Å²) in [5.41, 5.74) is 6.09. The molecule has 6 aromatic rings. The fourth-order valence-corrected chi connectivity index (χ4v) is 7.49. The molecule has 0 saturated carbocycles. The first-order valence-corrected chi connectivity index (χ1v) is 14.7. The van der Waals surface area contributed by atoms with Gasteiger partial charge < -0.3 is 4.74 Å². The SMILES string of the molecule is Cc1ccc(P(c2ccc(C)cc2)c2ccccc2-c2c(OCc3ccccc3)ccc3ccccc23)cc1. The van der Waals surface area contributed by atoms with Gasteiger partial charge in [-0.3, -0.25) is 0 Å². The van der Waals surface area contributed by atoms with E-state index in [1.54, 1.807) is 0 Å². The molecule has 6 rings (SSSR count). The molecule has 0 aliphatic heterocycles. The van der Waals surface area contributed by atoms with Crippen molar-refractivity contribution in [3.8, 4) is 16.9 Å². The second-order valence-corrected chi connectivity index (χ2v) is 12.1. The Morgan fingerprint density at radius 1 is 0.538 bits per heavy atom. The molecule has 0 bridgehead atoms. The van der Waals surface area contributed by atoms with Crippen LogP contribution < -0.4 is 20.7 Å². The van der Waals surface area contributed by atoms with Gasteiger partial charge in [0.05, 0.1) is 0 Å². The van der Waals surface area contributed by atoms with Crippen LogP contribution in [0.25, 0.3) is 21.9 Å². The van der Waals surface area contributed by atoms with Crippen LogP contribution in [0.1, 0.15) is 16.7 Å². The lowest BCUT2D eigenvalue weighted by atomic mass is 9.97. The summed E-state index contributed by atoms with van der Waals surface area (Å²) < 4.78 is 6.57. The summed E-state index contributed by atoms with van der Waals surface area (Å²) in [6, 6.07) is 50.4. The highest BCUT2D eigenvalue weighted by atomic mass is 31.1. The number of hydrogen-bond acceptors (Lipinski definition) is 1. The Morgan fingerprint density at radius 3 is 1.82 bits per heavy atom. The standard InChI is InChI=1S/C37H31OP/c1-27-16-21-31(22-17-27)39(32-23-18-28(2)19-24-32)36-15-9-8-14-34(36)37-33-13-7-6-12-30(33)20-25-35(37)38-26-29-10-4-3-5-11-29/h3-25H,26H2,1-2H3. The van der Waals surface area contributed by atoms with Crippen LogP contribution in [-0.2, 0) is 6.61 Å². The Labute approximate surface area is 232 Å². The first kappa shape index (κ1) is 25.1. The Balaban J connectivity index is 1.56. The van der Waals surface area contributed by atoms with Crippen molar-refractivity contribution >= 4 is 34.6 Å². The van der Waals surface area contributed by atoms with E-state index in [0.29, 0.717) is 6.61 Å². The quantitative estimate of drug-likeness (QED) is 0.191. The van der Waals surface area contributed by atoms with Gasteiger partial charge in [-0.2, -0.15) is 0 Å². The van der Waals surface area contributed by atoms with Crippen molar-refractivity contribution in [2.75, 3.05) is 0 Å². The molecule has 0 aliphatic carbocycles. The summed E-state index contributed by atoms with van der Waals surface area (Å²) in [6.07, 6.45) is 0. The van der Waals surface area contributed by atoms with E-state index in [1.807, 2.05) is 6.07 Å². The zero-order valence-corrected chi connectivity index (χ0v) is 23.2. The predicted molar refractivity (Wildman–Crippen MR) is 168 cm³/mol. The van der Waals surface area contributed by atoms with Crippen molar-refractivity contribution in [2.45, 2.75) is 20.5 Å². The van der Waals surface area contributed by atoms with E-state index in [2.05, 4.69) is 147 Å². The number of benzene rings is 6. The third kappa shape index (κ3) is 5.37. The van der Waals surface area contributed by atoms with E-state index in [1.165, 1.54) is 43.4 Å². The molecule has 1 nitrogen and oxygen atoms in total. The van der Waals surface area contributed by atoms with Crippen LogP contribution in [0.15, 0.2) is 140 Å². The van der Waals surface area contributed by atoms with Gasteiger partial charge in [0.25, 0.3) is 0 Å². The molecule has 0 radical (unpaired) electrons. The first-order chi connectivity index (χ1) is 19.2. The fourth-order valence-electron chi connectivity index (χ4n) is 5.08. The number of aryl methyl sites for hydroxylation is 2. The maximum atomic E-state index is 6.57. The molecule has 0 heterocycles. The largest absolute Gasteiger partial charge is 0.488 e. The maximum absolute atomic E-state index is 6.57. The van der Waals surface area contributed by atoms with Crippen molar-refractivity contribution in [1.82, 2.24) is 0 Å². The van der Waals surface area contributed by atoms with Gasteiger partial charge >= 0.3 is 0 Å². The number of rotatable bonds is 7. The normalized spacial score (nSPS) is 11.2. The van der Waals surface area contributed by atoms with Crippen LogP contribution >= 0.6 is 7.92 Å². The maximum Gasteiger partial charge on any atom is 0.128 e. The summed E-state index contributed by atoms with van der Waals surface area (Å²) in [5.74, 6) is 0.910. The van der Waals surface area contributed by atoms with Gasteiger partial charge in [0.15, 0.2) is 0 Å². The molecule has 0 saturated heterocycles. The third-order valence-electron chi connectivity index (χ3n) is 7.13. The van der Waals surface area contributed by atoms with Crippen LogP contribution in [0.4, 0.5) is 0 Å². The highest BCUT2D eigenvalue weighted by Gasteiger charge is 2.23. The van der Waals surface area contributed by atoms with Crippen molar-refractivity contribution in [1.29, 1.82) is 0 Å². The zero-order chi connectivity index (χ0) is 26.6. The van der Waals surface area contributed by atoms with Gasteiger partial charge in [-0.05, 0) is 65.6 Å². The molecule has 0 aliphatic rings. The molecule has 39 heavy (non-hydrogen) atoms. The molecule has 0 N–H and O–H groups in total. The van der Waals surface area contributed by atoms with Crippen LogP contribution in [-0.4, -0.2) is 0 Å². The lowest BCUT2D eigenvalue weighted by Crippen LogP contribution is -2.22. The van der Waals surface area contributed by atoms with E-state index >= 15 is 0 Å². The van der Waals surface area contributed by atoms with E-state index in [4.69, 9.17) is 4.74 Å². The average Bonchev–Trinajstić information content (AvgIpc) is 2.99. The number of ether oxygens (including phenoxy) is 1. The van der Waals surface area contributed by atoms with Gasteiger partial charge in [-0.25, -0.2) is 0 Å². The first-order valence-electron chi connectivity index (χ1n) is 13.4. The zero-order valence-electron chi connectivity index (χ0n) is 22.3. The van der Waals surface area contributed by atoms with E-state index in [-0.39, 0.29) is 0 Å². The lowest BCUT2D eigenvalue weighted by Gasteiger charge is -2.24. The second kappa shape index (κ2) is 11.3. The summed E-state index contributed by atoms with van der Waals surface area (Å²) in [7, 11) is -0.792. The van der Waals surface area contributed by atoms with Gasteiger partial charge in [-0.15, -0.1) is 0 Å². The van der Waals surface area contributed by atoms with Crippen molar-refractivity contribution < 1.29 is 4.74 Å². The molecule has 0 fully saturated rings. The van der Waals surface area contributed by atoms with Crippen LogP contribution in [0, 0.1) is 13.8 Å². The Bertz CT molecular complexity index is 1660. The van der Waals surface area contributed by atoms with Crippen molar-refractivity contribution in [3.63, 3.8) is 0 Å². The van der Waals surface area contributed by atoms with E-state index in [9.17, 15) is 0 Å². The predicted octanol–water partition coefficient (Wildman–Crippen LogP) is 8.46. The molecule has 0 amide bonds. The summed E-state index contributed by atoms with van der Waals surface area (Å²) in [5, 5.41) is 6.45. The molecule has 0 spiro atoms. The summed E-state index contributed by atoms with van der Waals surface area (Å²) >= 11 is 0. The molecular weight excluding hydrogens is 491 g/mol. The van der Waals surface area contributed by atoms with Gasteiger partial charge in [0.1, 0.15) is 12.4 Å². The second-order valence-electron chi connectivity index (χ2n) is 9.96. The van der Waals surface area contributed by atoms with Crippen LogP contribution in [0.2, 0.25) is 0 Å². The van der Waals surface area contributed by atoms with Gasteiger partial charge in [0, 0.05) is 5.56 Å². The Kier molecular flexibility index (Phi) is 7.26. The minimum Gasteiger partial charge on any atom is -0.488 e. The molecule has 190 valence electrons. The molecule has 6 aromatic carbocycles. The average molecular weight is 523 g/mol. The van der Waals surface area contributed by atoms with Crippen molar-refractivity contribution in [3.05, 3.63) is 156 Å². The van der Waals surface area contributed by atoms with Crippen LogP contribution in [0.3, 0.4) is 0 Å². The minimum absolute atomic E-state index is 0.527. The molecule has 0 unspecified atom stereocenters. The van der Waals surface area contributed by atoms with E-state index < -0.39 is 7.92 Å².